The van der Waals surface area contributed by atoms with Crippen LogP contribution >= 0.6 is 0 Å². The number of benzene rings is 2. The second-order valence-corrected chi connectivity index (χ2v) is 6.49. The molecule has 1 unspecified atom stereocenters. The van der Waals surface area contributed by atoms with E-state index in [4.69, 9.17) is 4.74 Å². The molecule has 0 bridgehead atoms. The summed E-state index contributed by atoms with van der Waals surface area (Å²) in [6.45, 7) is 3.03. The first kappa shape index (κ1) is 17.2. The minimum Gasteiger partial charge on any atom is -0.426 e. The second-order valence-electron chi connectivity index (χ2n) is 6.49. The third-order valence-electron chi connectivity index (χ3n) is 4.57. The van der Waals surface area contributed by atoms with E-state index in [2.05, 4.69) is 15.3 Å². The second kappa shape index (κ2) is 7.20. The van der Waals surface area contributed by atoms with Crippen LogP contribution in [0.4, 0.5) is 0 Å². The first-order valence-electron chi connectivity index (χ1n) is 8.86. The molecule has 0 aliphatic carbocycles. The highest BCUT2D eigenvalue weighted by Crippen LogP contribution is 2.23. The predicted molar refractivity (Wildman–Crippen MR) is 100 cm³/mol. The Kier molecular flexibility index (Phi) is 4.60. The molecular weight excluding hydrogens is 344 g/mol. The Balaban J connectivity index is 1.56. The number of hydrogen-bond donors (Lipinski definition) is 2. The summed E-state index contributed by atoms with van der Waals surface area (Å²) < 4.78 is 5.19. The lowest BCUT2D eigenvalue weighted by molar-refractivity contribution is -0.131. The zero-order valence-electron chi connectivity index (χ0n) is 14.9. The number of piperazine rings is 1. The van der Waals surface area contributed by atoms with Gasteiger partial charge in [0.05, 0.1) is 22.6 Å². The zero-order chi connectivity index (χ0) is 18.8. The number of imidazole rings is 1. The van der Waals surface area contributed by atoms with Gasteiger partial charge in [0.15, 0.2) is 0 Å². The number of hydrogen-bond acceptors (Lipinski definition) is 5. The predicted octanol–water partition coefficient (Wildman–Crippen LogP) is 2.27. The number of rotatable bonds is 3. The first-order chi connectivity index (χ1) is 13.1. The molecular formula is C20H20N4O3. The molecule has 2 heterocycles. The van der Waals surface area contributed by atoms with E-state index in [1.165, 1.54) is 6.92 Å². The average molecular weight is 364 g/mol. The number of nitrogens with zero attached hydrogens (tertiary/aromatic N) is 2. The third kappa shape index (κ3) is 3.54. The third-order valence-corrected chi connectivity index (χ3v) is 4.57. The lowest BCUT2D eigenvalue weighted by atomic mass is 10.1. The molecule has 1 saturated heterocycles. The van der Waals surface area contributed by atoms with Gasteiger partial charge >= 0.3 is 5.97 Å². The van der Waals surface area contributed by atoms with Crippen LogP contribution in [0.15, 0.2) is 48.5 Å². The summed E-state index contributed by atoms with van der Waals surface area (Å²) in [7, 11) is 0. The molecule has 1 aliphatic heterocycles. The van der Waals surface area contributed by atoms with Crippen molar-refractivity contribution < 1.29 is 14.3 Å². The van der Waals surface area contributed by atoms with E-state index in [-0.39, 0.29) is 17.7 Å². The van der Waals surface area contributed by atoms with Gasteiger partial charge in [-0.2, -0.15) is 0 Å². The van der Waals surface area contributed by atoms with Gasteiger partial charge in [0.25, 0.3) is 5.91 Å². The van der Waals surface area contributed by atoms with Crippen molar-refractivity contribution in [2.75, 3.05) is 19.6 Å². The number of aromatic nitrogens is 2. The van der Waals surface area contributed by atoms with Crippen LogP contribution in [0, 0.1) is 0 Å². The molecule has 7 nitrogen and oxygen atoms in total. The van der Waals surface area contributed by atoms with Gasteiger partial charge in [-0.1, -0.05) is 24.3 Å². The standard InChI is InChI=1S/C20H20N4O3/c1-13(25)27-18-9-5-2-6-14(18)20(26)24-11-10-21-17(12-24)19-22-15-7-3-4-8-16(15)23-19/h2-9,17,21H,10-12H2,1H3,(H,22,23). The molecule has 1 atom stereocenters. The van der Waals surface area contributed by atoms with Gasteiger partial charge < -0.3 is 19.9 Å². The Hall–Kier alpha value is -3.19. The van der Waals surface area contributed by atoms with Crippen LogP contribution in [0.25, 0.3) is 11.0 Å². The van der Waals surface area contributed by atoms with Crippen molar-refractivity contribution >= 4 is 22.9 Å². The van der Waals surface area contributed by atoms with E-state index in [0.29, 0.717) is 25.2 Å². The fourth-order valence-corrected chi connectivity index (χ4v) is 3.31. The minimum atomic E-state index is -0.448. The molecule has 1 amide bonds. The summed E-state index contributed by atoms with van der Waals surface area (Å²) in [4.78, 5) is 34.1. The SMILES string of the molecule is CC(=O)Oc1ccccc1C(=O)N1CCNC(c2nc3ccccc3[nH]2)C1. The first-order valence-corrected chi connectivity index (χ1v) is 8.86. The van der Waals surface area contributed by atoms with E-state index in [1.807, 2.05) is 24.3 Å². The van der Waals surface area contributed by atoms with Gasteiger partial charge in [-0.25, -0.2) is 4.98 Å². The quantitative estimate of drug-likeness (QED) is 0.550. The topological polar surface area (TPSA) is 87.3 Å². The number of ether oxygens (including phenoxy) is 1. The lowest BCUT2D eigenvalue weighted by Gasteiger charge is -2.33. The molecule has 2 aromatic carbocycles. The van der Waals surface area contributed by atoms with E-state index in [0.717, 1.165) is 16.9 Å². The van der Waals surface area contributed by atoms with Gasteiger partial charge in [-0.15, -0.1) is 0 Å². The summed E-state index contributed by atoms with van der Waals surface area (Å²) in [5.41, 5.74) is 2.26. The van der Waals surface area contributed by atoms with E-state index < -0.39 is 5.97 Å². The van der Waals surface area contributed by atoms with E-state index in [1.54, 1.807) is 29.2 Å². The number of nitrogens with one attached hydrogen (secondary N) is 2. The number of fused-ring (bicyclic) bond motifs is 1. The summed E-state index contributed by atoms with van der Waals surface area (Å²) in [5.74, 6) is 0.487. The van der Waals surface area contributed by atoms with Crippen molar-refractivity contribution in [2.45, 2.75) is 13.0 Å². The fraction of sp³-hybridized carbons (Fsp3) is 0.250. The number of aromatic amines is 1. The molecule has 0 spiro atoms. The summed E-state index contributed by atoms with van der Waals surface area (Å²) in [6.07, 6.45) is 0. The van der Waals surface area contributed by atoms with Crippen molar-refractivity contribution in [3.63, 3.8) is 0 Å². The van der Waals surface area contributed by atoms with Gasteiger partial charge in [-0.3, -0.25) is 9.59 Å². The summed E-state index contributed by atoms with van der Waals surface area (Å²) in [6, 6.07) is 14.6. The largest absolute Gasteiger partial charge is 0.426 e. The monoisotopic (exact) mass is 364 g/mol. The lowest BCUT2D eigenvalue weighted by Crippen LogP contribution is -2.48. The molecule has 1 aromatic heterocycles. The van der Waals surface area contributed by atoms with Crippen molar-refractivity contribution in [1.29, 1.82) is 0 Å². The van der Waals surface area contributed by atoms with Crippen molar-refractivity contribution in [2.24, 2.45) is 0 Å². The van der Waals surface area contributed by atoms with Crippen LogP contribution in [0.5, 0.6) is 5.75 Å². The molecule has 2 N–H and O–H groups in total. The molecule has 3 aromatic rings. The Labute approximate surface area is 156 Å². The molecule has 4 rings (SSSR count). The van der Waals surface area contributed by atoms with Gasteiger partial charge in [0.1, 0.15) is 11.6 Å². The number of carbonyl (C=O) groups is 2. The van der Waals surface area contributed by atoms with Crippen molar-refractivity contribution in [3.05, 3.63) is 59.9 Å². The smallest absolute Gasteiger partial charge is 0.308 e. The maximum atomic E-state index is 13.0. The van der Waals surface area contributed by atoms with Crippen LogP contribution in [0.2, 0.25) is 0 Å². The fourth-order valence-electron chi connectivity index (χ4n) is 3.31. The maximum absolute atomic E-state index is 13.0. The van der Waals surface area contributed by atoms with Crippen LogP contribution < -0.4 is 10.1 Å². The zero-order valence-corrected chi connectivity index (χ0v) is 14.9. The summed E-state index contributed by atoms with van der Waals surface area (Å²) >= 11 is 0. The highest BCUT2D eigenvalue weighted by Gasteiger charge is 2.28. The van der Waals surface area contributed by atoms with Crippen molar-refractivity contribution in [1.82, 2.24) is 20.2 Å². The highest BCUT2D eigenvalue weighted by atomic mass is 16.5. The Bertz CT molecular complexity index is 965. The molecule has 27 heavy (non-hydrogen) atoms. The van der Waals surface area contributed by atoms with Gasteiger partial charge in [-0.05, 0) is 24.3 Å². The van der Waals surface area contributed by atoms with Crippen LogP contribution in [0.3, 0.4) is 0 Å². The van der Waals surface area contributed by atoms with E-state index in [9.17, 15) is 9.59 Å². The Morgan fingerprint density at radius 3 is 2.74 bits per heavy atom. The molecule has 0 radical (unpaired) electrons. The normalized spacial score (nSPS) is 17.1. The Morgan fingerprint density at radius 1 is 1.15 bits per heavy atom. The highest BCUT2D eigenvalue weighted by molar-refractivity contribution is 5.97. The van der Waals surface area contributed by atoms with Crippen LogP contribution in [-0.2, 0) is 4.79 Å². The van der Waals surface area contributed by atoms with Crippen molar-refractivity contribution in [3.8, 4) is 5.75 Å². The van der Waals surface area contributed by atoms with Gasteiger partial charge in [0, 0.05) is 26.6 Å². The Morgan fingerprint density at radius 2 is 1.93 bits per heavy atom. The number of amides is 1. The number of H-pyrrole nitrogens is 1. The molecule has 138 valence electrons. The van der Waals surface area contributed by atoms with Gasteiger partial charge in [0.2, 0.25) is 0 Å². The maximum Gasteiger partial charge on any atom is 0.308 e. The van der Waals surface area contributed by atoms with E-state index >= 15 is 0 Å². The minimum absolute atomic E-state index is 0.0870. The van der Waals surface area contributed by atoms with Crippen LogP contribution in [0.1, 0.15) is 29.1 Å². The number of carbonyl (C=O) groups excluding carboxylic acids is 2. The van der Waals surface area contributed by atoms with Crippen LogP contribution in [-0.4, -0.2) is 46.4 Å². The number of esters is 1. The average Bonchev–Trinajstić information content (AvgIpc) is 3.12. The number of para-hydroxylation sites is 3. The molecule has 1 aliphatic rings. The molecule has 1 fully saturated rings. The summed E-state index contributed by atoms with van der Waals surface area (Å²) in [5, 5.41) is 3.41. The molecule has 7 heteroatoms. The molecule has 0 saturated carbocycles.